The third kappa shape index (κ3) is 3.27. The van der Waals surface area contributed by atoms with Crippen LogP contribution in [0.3, 0.4) is 0 Å². The average molecular weight is 332 g/mol. The first-order chi connectivity index (χ1) is 10.8. The maximum absolute atomic E-state index is 4.06. The molecule has 0 spiro atoms. The Kier molecular flexibility index (Phi) is 5.27. The zero-order chi connectivity index (χ0) is 15.4. The summed E-state index contributed by atoms with van der Waals surface area (Å²) in [6.07, 6.45) is 5.03. The molecule has 0 aliphatic carbocycles. The number of rotatable bonds is 5. The Morgan fingerprint density at radius 1 is 1.18 bits per heavy atom. The van der Waals surface area contributed by atoms with Crippen molar-refractivity contribution in [2.24, 2.45) is 0 Å². The molecule has 1 aromatic heterocycles. The monoisotopic (exact) mass is 331 g/mol. The van der Waals surface area contributed by atoms with Crippen LogP contribution in [-0.2, 0) is 0 Å². The van der Waals surface area contributed by atoms with Crippen LogP contribution in [0.4, 0.5) is 0 Å². The minimum Gasteiger partial charge on any atom is -0.299 e. The van der Waals surface area contributed by atoms with Crippen LogP contribution in [-0.4, -0.2) is 11.3 Å². The van der Waals surface area contributed by atoms with E-state index in [1.54, 1.807) is 0 Å². The number of thiophene rings is 1. The molecule has 1 aliphatic heterocycles. The molecule has 0 saturated heterocycles. The maximum Gasteiger partial charge on any atom is 0.0686 e. The SMILES string of the molecule is CCCC[C@]1(CC)CSc2ccccc2[C@H](c2cccs2)N1. The second-order valence-electron chi connectivity index (χ2n) is 6.16. The molecule has 2 aromatic rings. The summed E-state index contributed by atoms with van der Waals surface area (Å²) in [5.41, 5.74) is 1.69. The van der Waals surface area contributed by atoms with Crippen molar-refractivity contribution < 1.29 is 0 Å². The summed E-state index contributed by atoms with van der Waals surface area (Å²) in [6, 6.07) is 13.7. The van der Waals surface area contributed by atoms with E-state index in [4.69, 9.17) is 0 Å². The van der Waals surface area contributed by atoms with Gasteiger partial charge in [0.2, 0.25) is 0 Å². The van der Waals surface area contributed by atoms with Gasteiger partial charge in [-0.3, -0.25) is 5.32 Å². The van der Waals surface area contributed by atoms with Crippen LogP contribution >= 0.6 is 23.1 Å². The van der Waals surface area contributed by atoms with Crippen molar-refractivity contribution in [1.29, 1.82) is 0 Å². The van der Waals surface area contributed by atoms with E-state index in [1.807, 2.05) is 23.1 Å². The summed E-state index contributed by atoms with van der Waals surface area (Å²) in [5, 5.41) is 6.25. The Labute approximate surface area is 142 Å². The normalized spacial score (nSPS) is 24.7. The number of benzene rings is 1. The van der Waals surface area contributed by atoms with E-state index in [9.17, 15) is 0 Å². The molecule has 0 fully saturated rings. The van der Waals surface area contributed by atoms with Gasteiger partial charge in [0.1, 0.15) is 0 Å². The molecule has 0 bridgehead atoms. The van der Waals surface area contributed by atoms with Gasteiger partial charge in [0.15, 0.2) is 0 Å². The molecule has 0 unspecified atom stereocenters. The molecule has 0 radical (unpaired) electrons. The predicted molar refractivity (Wildman–Crippen MR) is 99.0 cm³/mol. The second-order valence-corrected chi connectivity index (χ2v) is 8.15. The van der Waals surface area contributed by atoms with Gasteiger partial charge in [-0.2, -0.15) is 0 Å². The number of hydrogen-bond acceptors (Lipinski definition) is 3. The Bertz CT molecular complexity index is 593. The van der Waals surface area contributed by atoms with Gasteiger partial charge >= 0.3 is 0 Å². The van der Waals surface area contributed by atoms with Crippen molar-refractivity contribution in [3.05, 3.63) is 52.2 Å². The zero-order valence-corrected chi connectivity index (χ0v) is 15.1. The molecule has 0 amide bonds. The highest BCUT2D eigenvalue weighted by atomic mass is 32.2. The molecule has 1 nitrogen and oxygen atoms in total. The Morgan fingerprint density at radius 3 is 2.77 bits per heavy atom. The third-order valence-corrected chi connectivity index (χ3v) is 7.01. The molecule has 22 heavy (non-hydrogen) atoms. The number of fused-ring (bicyclic) bond motifs is 1. The van der Waals surface area contributed by atoms with Gasteiger partial charge in [-0.1, -0.05) is 51.0 Å². The minimum atomic E-state index is 0.244. The molecule has 3 heteroatoms. The van der Waals surface area contributed by atoms with E-state index in [2.05, 4.69) is 60.9 Å². The van der Waals surface area contributed by atoms with Gasteiger partial charge in [0, 0.05) is 21.1 Å². The zero-order valence-electron chi connectivity index (χ0n) is 13.5. The Balaban J connectivity index is 1.99. The summed E-state index contributed by atoms with van der Waals surface area (Å²) in [7, 11) is 0. The summed E-state index contributed by atoms with van der Waals surface area (Å²) < 4.78 is 0. The lowest BCUT2D eigenvalue weighted by molar-refractivity contribution is 0.299. The molecule has 3 rings (SSSR count). The summed E-state index contributed by atoms with van der Waals surface area (Å²) in [5.74, 6) is 1.17. The molecular formula is C19H25NS2. The van der Waals surface area contributed by atoms with Gasteiger partial charge in [0.25, 0.3) is 0 Å². The van der Waals surface area contributed by atoms with Crippen LogP contribution in [0.1, 0.15) is 56.0 Å². The molecular weight excluding hydrogens is 306 g/mol. The molecule has 2 atom stereocenters. The fraction of sp³-hybridized carbons (Fsp3) is 0.474. The highest BCUT2D eigenvalue weighted by molar-refractivity contribution is 7.99. The second kappa shape index (κ2) is 7.20. The van der Waals surface area contributed by atoms with E-state index < -0.39 is 0 Å². The van der Waals surface area contributed by atoms with Gasteiger partial charge in [-0.25, -0.2) is 0 Å². The minimum absolute atomic E-state index is 0.244. The van der Waals surface area contributed by atoms with E-state index in [-0.39, 0.29) is 5.54 Å². The summed E-state index contributed by atoms with van der Waals surface area (Å²) >= 11 is 3.90. The van der Waals surface area contributed by atoms with Crippen molar-refractivity contribution in [3.63, 3.8) is 0 Å². The fourth-order valence-corrected chi connectivity index (χ4v) is 5.40. The van der Waals surface area contributed by atoms with Crippen molar-refractivity contribution >= 4 is 23.1 Å². The molecule has 2 heterocycles. The number of unbranched alkanes of at least 4 members (excludes halogenated alkanes) is 1. The van der Waals surface area contributed by atoms with Crippen LogP contribution in [0.15, 0.2) is 46.7 Å². The first kappa shape index (κ1) is 16.1. The highest BCUT2D eigenvalue weighted by Gasteiger charge is 2.35. The lowest BCUT2D eigenvalue weighted by atomic mass is 9.89. The Hall–Kier alpha value is -0.770. The fourth-order valence-electron chi connectivity index (χ4n) is 3.21. The van der Waals surface area contributed by atoms with Crippen molar-refractivity contribution in [3.8, 4) is 0 Å². The number of hydrogen-bond donors (Lipinski definition) is 1. The van der Waals surface area contributed by atoms with Crippen LogP contribution in [0, 0.1) is 0 Å². The highest BCUT2D eigenvalue weighted by Crippen LogP contribution is 2.41. The third-order valence-electron chi connectivity index (χ3n) is 4.70. The first-order valence-electron chi connectivity index (χ1n) is 8.31. The van der Waals surface area contributed by atoms with Gasteiger partial charge in [0.05, 0.1) is 6.04 Å². The molecule has 118 valence electrons. The van der Waals surface area contributed by atoms with E-state index in [0.29, 0.717) is 6.04 Å². The van der Waals surface area contributed by atoms with E-state index in [1.165, 1.54) is 46.8 Å². The first-order valence-corrected chi connectivity index (χ1v) is 10.2. The Morgan fingerprint density at radius 2 is 2.05 bits per heavy atom. The lowest BCUT2D eigenvalue weighted by Gasteiger charge is -2.35. The molecule has 1 N–H and O–H groups in total. The molecule has 1 aromatic carbocycles. The number of thioether (sulfide) groups is 1. The van der Waals surface area contributed by atoms with Gasteiger partial charge in [-0.15, -0.1) is 23.1 Å². The van der Waals surface area contributed by atoms with Gasteiger partial charge in [-0.05, 0) is 35.9 Å². The predicted octanol–water partition coefficient (Wildman–Crippen LogP) is 5.87. The van der Waals surface area contributed by atoms with Crippen molar-refractivity contribution in [1.82, 2.24) is 5.32 Å². The van der Waals surface area contributed by atoms with Crippen LogP contribution in [0.5, 0.6) is 0 Å². The summed E-state index contributed by atoms with van der Waals surface area (Å²) in [6.45, 7) is 4.63. The van der Waals surface area contributed by atoms with E-state index >= 15 is 0 Å². The van der Waals surface area contributed by atoms with Gasteiger partial charge < -0.3 is 0 Å². The quantitative estimate of drug-likeness (QED) is 0.735. The molecule has 0 saturated carbocycles. The number of nitrogens with one attached hydrogen (secondary N) is 1. The maximum atomic E-state index is 4.06. The van der Waals surface area contributed by atoms with Crippen LogP contribution < -0.4 is 5.32 Å². The van der Waals surface area contributed by atoms with Crippen LogP contribution in [0.25, 0.3) is 0 Å². The molecule has 1 aliphatic rings. The average Bonchev–Trinajstić information content (AvgIpc) is 3.04. The lowest BCUT2D eigenvalue weighted by Crippen LogP contribution is -2.48. The largest absolute Gasteiger partial charge is 0.299 e. The van der Waals surface area contributed by atoms with Crippen LogP contribution in [0.2, 0.25) is 0 Å². The summed E-state index contributed by atoms with van der Waals surface area (Å²) in [4.78, 5) is 2.88. The van der Waals surface area contributed by atoms with Crippen molar-refractivity contribution in [2.75, 3.05) is 5.75 Å². The standard InChI is InChI=1S/C19H25NS2/c1-3-5-12-19(4-2)14-22-16-10-7-6-9-15(16)18(20-19)17-11-8-13-21-17/h6-11,13,18,20H,3-5,12,14H2,1-2H3/t18-,19-/m1/s1. The van der Waals surface area contributed by atoms with Crippen molar-refractivity contribution in [2.45, 2.75) is 56.0 Å². The van der Waals surface area contributed by atoms with E-state index in [0.717, 1.165) is 0 Å². The topological polar surface area (TPSA) is 12.0 Å². The smallest absolute Gasteiger partial charge is 0.0686 e.